The first-order valence-corrected chi connectivity index (χ1v) is 5.19. The quantitative estimate of drug-likeness (QED) is 0.692. The third-order valence-corrected chi connectivity index (χ3v) is 2.67. The Morgan fingerprint density at radius 1 is 1.67 bits per heavy atom. The average molecular weight is 209 g/mol. The number of hydrogen-bond acceptors (Lipinski definition) is 3. The highest BCUT2D eigenvalue weighted by Crippen LogP contribution is 2.11. The Bertz CT molecular complexity index is 323. The molecule has 15 heavy (non-hydrogen) atoms. The second kappa shape index (κ2) is 4.44. The molecule has 1 amide bonds. The molecule has 0 spiro atoms. The van der Waals surface area contributed by atoms with E-state index in [9.17, 15) is 4.79 Å². The first-order valence-electron chi connectivity index (χ1n) is 5.19. The number of aromatic nitrogens is 2. The molecule has 5 nitrogen and oxygen atoms in total. The van der Waals surface area contributed by atoms with E-state index < -0.39 is 0 Å². The summed E-state index contributed by atoms with van der Waals surface area (Å²) in [6.07, 6.45) is 5.73. The minimum atomic E-state index is -0.0114. The van der Waals surface area contributed by atoms with Gasteiger partial charge in [0.25, 0.3) is 0 Å². The summed E-state index contributed by atoms with van der Waals surface area (Å²) in [5.41, 5.74) is 0. The van der Waals surface area contributed by atoms with Gasteiger partial charge in [-0.2, -0.15) is 0 Å². The zero-order valence-electron chi connectivity index (χ0n) is 8.80. The summed E-state index contributed by atoms with van der Waals surface area (Å²) >= 11 is 0. The fourth-order valence-corrected chi connectivity index (χ4v) is 1.77. The van der Waals surface area contributed by atoms with Gasteiger partial charge in [0.2, 0.25) is 0 Å². The van der Waals surface area contributed by atoms with Crippen LogP contribution in [0.25, 0.3) is 0 Å². The molecule has 1 aliphatic rings. The molecule has 1 aromatic rings. The van der Waals surface area contributed by atoms with Crippen LogP contribution in [0.4, 0.5) is 4.79 Å². The highest BCUT2D eigenvalue weighted by molar-refractivity contribution is 5.77. The number of nitrogens with zero attached hydrogens (tertiary/aromatic N) is 3. The Balaban J connectivity index is 2.11. The van der Waals surface area contributed by atoms with Crippen molar-refractivity contribution in [3.8, 4) is 0 Å². The normalized spacial score (nSPS) is 21.7. The second-order valence-corrected chi connectivity index (χ2v) is 3.58. The number of imidazole rings is 1. The summed E-state index contributed by atoms with van der Waals surface area (Å²) in [5, 5.41) is 0. The van der Waals surface area contributed by atoms with E-state index in [2.05, 4.69) is 11.9 Å². The van der Waals surface area contributed by atoms with E-state index in [1.54, 1.807) is 12.4 Å². The van der Waals surface area contributed by atoms with Crippen molar-refractivity contribution in [3.63, 3.8) is 0 Å². The molecule has 1 unspecified atom stereocenters. The molecule has 0 radical (unpaired) electrons. The lowest BCUT2D eigenvalue weighted by Gasteiger charge is -2.34. The topological polar surface area (TPSA) is 47.4 Å². The summed E-state index contributed by atoms with van der Waals surface area (Å²) in [6, 6.07) is 0.177. The highest BCUT2D eigenvalue weighted by Gasteiger charge is 2.26. The van der Waals surface area contributed by atoms with Crippen LogP contribution in [0, 0.1) is 0 Å². The zero-order chi connectivity index (χ0) is 10.7. The maximum absolute atomic E-state index is 12.0. The van der Waals surface area contributed by atoms with Gasteiger partial charge in [0.05, 0.1) is 19.3 Å². The van der Waals surface area contributed by atoms with E-state index in [0.29, 0.717) is 19.8 Å². The lowest BCUT2D eigenvalue weighted by molar-refractivity contribution is 0.0116. The van der Waals surface area contributed by atoms with E-state index in [1.165, 1.54) is 10.9 Å². The lowest BCUT2D eigenvalue weighted by atomic mass is 10.2. The van der Waals surface area contributed by atoms with Crippen molar-refractivity contribution in [2.75, 3.05) is 19.8 Å². The molecule has 82 valence electrons. The van der Waals surface area contributed by atoms with Gasteiger partial charge in [-0.1, -0.05) is 6.92 Å². The molecule has 0 aromatic carbocycles. The number of hydrogen-bond donors (Lipinski definition) is 0. The fourth-order valence-electron chi connectivity index (χ4n) is 1.77. The van der Waals surface area contributed by atoms with Crippen LogP contribution < -0.4 is 0 Å². The molecule has 2 rings (SSSR count). The van der Waals surface area contributed by atoms with E-state index in [0.717, 1.165) is 6.42 Å². The summed E-state index contributed by atoms with van der Waals surface area (Å²) < 4.78 is 6.86. The largest absolute Gasteiger partial charge is 0.377 e. The number of rotatable bonds is 1. The van der Waals surface area contributed by atoms with Gasteiger partial charge >= 0.3 is 6.03 Å². The number of ether oxygens (including phenoxy) is 1. The molecule has 1 aliphatic heterocycles. The molecule has 1 fully saturated rings. The molecule has 1 aromatic heterocycles. The molecule has 1 saturated heterocycles. The first-order chi connectivity index (χ1) is 7.33. The highest BCUT2D eigenvalue weighted by atomic mass is 16.5. The SMILES string of the molecule is CCC1COCCN1C(=O)n1ccnc1. The molecule has 0 bridgehead atoms. The van der Waals surface area contributed by atoms with Crippen molar-refractivity contribution in [2.24, 2.45) is 0 Å². The van der Waals surface area contributed by atoms with Gasteiger partial charge in [-0.3, -0.25) is 4.57 Å². The van der Waals surface area contributed by atoms with Gasteiger partial charge in [-0.15, -0.1) is 0 Å². The van der Waals surface area contributed by atoms with Crippen LogP contribution in [-0.4, -0.2) is 46.3 Å². The molecule has 2 heterocycles. The van der Waals surface area contributed by atoms with E-state index in [4.69, 9.17) is 4.74 Å². The molecular weight excluding hydrogens is 194 g/mol. The third kappa shape index (κ3) is 2.02. The van der Waals surface area contributed by atoms with Crippen LogP contribution >= 0.6 is 0 Å². The second-order valence-electron chi connectivity index (χ2n) is 3.58. The maximum Gasteiger partial charge on any atom is 0.329 e. The monoisotopic (exact) mass is 209 g/mol. The number of carbonyl (C=O) groups excluding carboxylic acids is 1. The summed E-state index contributed by atoms with van der Waals surface area (Å²) in [5.74, 6) is 0. The number of amides is 1. The van der Waals surface area contributed by atoms with Gasteiger partial charge in [-0.05, 0) is 6.42 Å². The maximum atomic E-state index is 12.0. The van der Waals surface area contributed by atoms with Crippen LogP contribution in [0.5, 0.6) is 0 Å². The van der Waals surface area contributed by atoms with Crippen molar-refractivity contribution < 1.29 is 9.53 Å². The summed E-state index contributed by atoms with van der Waals surface area (Å²) in [6.45, 7) is 3.98. The Hall–Kier alpha value is -1.36. The Morgan fingerprint density at radius 3 is 3.20 bits per heavy atom. The predicted molar refractivity (Wildman–Crippen MR) is 54.6 cm³/mol. The molecule has 0 saturated carbocycles. The standard InChI is InChI=1S/C10H15N3O2/c1-2-9-7-15-6-5-13(9)10(14)12-4-3-11-8-12/h3-4,8-9H,2,5-7H2,1H3. The summed E-state index contributed by atoms with van der Waals surface area (Å²) in [7, 11) is 0. The van der Waals surface area contributed by atoms with Crippen LogP contribution in [-0.2, 0) is 4.74 Å². The predicted octanol–water partition coefficient (Wildman–Crippen LogP) is 0.962. The number of morpholine rings is 1. The van der Waals surface area contributed by atoms with Gasteiger partial charge in [0.15, 0.2) is 0 Å². The van der Waals surface area contributed by atoms with Crippen molar-refractivity contribution in [3.05, 3.63) is 18.7 Å². The minimum absolute atomic E-state index is 0.0114. The van der Waals surface area contributed by atoms with Crippen molar-refractivity contribution >= 4 is 6.03 Å². The average Bonchev–Trinajstić information content (AvgIpc) is 2.81. The van der Waals surface area contributed by atoms with E-state index >= 15 is 0 Å². The molecule has 5 heteroatoms. The van der Waals surface area contributed by atoms with Gasteiger partial charge in [0.1, 0.15) is 6.33 Å². The lowest BCUT2D eigenvalue weighted by Crippen LogP contribution is -2.49. The Kier molecular flexibility index (Phi) is 3.01. The van der Waals surface area contributed by atoms with E-state index in [-0.39, 0.29) is 12.1 Å². The van der Waals surface area contributed by atoms with Crippen LogP contribution in [0.1, 0.15) is 13.3 Å². The molecule has 0 aliphatic carbocycles. The summed E-state index contributed by atoms with van der Waals surface area (Å²) in [4.78, 5) is 17.7. The van der Waals surface area contributed by atoms with Crippen molar-refractivity contribution in [1.82, 2.24) is 14.5 Å². The minimum Gasteiger partial charge on any atom is -0.377 e. The van der Waals surface area contributed by atoms with Crippen LogP contribution in [0.15, 0.2) is 18.7 Å². The van der Waals surface area contributed by atoms with Crippen LogP contribution in [0.2, 0.25) is 0 Å². The Morgan fingerprint density at radius 2 is 2.53 bits per heavy atom. The smallest absolute Gasteiger partial charge is 0.329 e. The van der Waals surface area contributed by atoms with Crippen molar-refractivity contribution in [1.29, 1.82) is 0 Å². The van der Waals surface area contributed by atoms with Gasteiger partial charge in [-0.25, -0.2) is 9.78 Å². The zero-order valence-corrected chi connectivity index (χ0v) is 8.80. The Labute approximate surface area is 88.7 Å². The molecular formula is C10H15N3O2. The van der Waals surface area contributed by atoms with Gasteiger partial charge in [0, 0.05) is 18.9 Å². The molecule has 0 N–H and O–H groups in total. The van der Waals surface area contributed by atoms with Crippen molar-refractivity contribution in [2.45, 2.75) is 19.4 Å². The first kappa shape index (κ1) is 10.2. The fraction of sp³-hybridized carbons (Fsp3) is 0.600. The number of carbonyl (C=O) groups is 1. The van der Waals surface area contributed by atoms with Gasteiger partial charge < -0.3 is 9.64 Å². The van der Waals surface area contributed by atoms with Crippen LogP contribution in [0.3, 0.4) is 0 Å². The molecule has 1 atom stereocenters. The third-order valence-electron chi connectivity index (χ3n) is 2.67. The van der Waals surface area contributed by atoms with E-state index in [1.807, 2.05) is 4.90 Å².